The Morgan fingerprint density at radius 1 is 1.27 bits per heavy atom. The van der Waals surface area contributed by atoms with Gasteiger partial charge >= 0.3 is 5.97 Å². The van der Waals surface area contributed by atoms with Crippen LogP contribution in [0.1, 0.15) is 49.2 Å². The van der Waals surface area contributed by atoms with Crippen LogP contribution >= 0.6 is 0 Å². The Morgan fingerprint density at radius 3 is 2.46 bits per heavy atom. The Bertz CT molecular complexity index is 636. The maximum atomic E-state index is 12.3. The van der Waals surface area contributed by atoms with Crippen molar-refractivity contribution in [1.82, 2.24) is 5.32 Å². The molecule has 0 unspecified atom stereocenters. The lowest BCUT2D eigenvalue weighted by Gasteiger charge is -2.21. The molecule has 1 atom stereocenters. The molecule has 0 heterocycles. The van der Waals surface area contributed by atoms with Gasteiger partial charge in [-0.15, -0.1) is 0 Å². The molecule has 0 aromatic heterocycles. The van der Waals surface area contributed by atoms with Crippen LogP contribution in [0.25, 0.3) is 0 Å². The van der Waals surface area contributed by atoms with Crippen molar-refractivity contribution in [2.24, 2.45) is 0 Å². The summed E-state index contributed by atoms with van der Waals surface area (Å²) in [5.41, 5.74) is 1.47. The zero-order valence-electron chi connectivity index (χ0n) is 16.1. The van der Waals surface area contributed by atoms with Crippen LogP contribution in [0, 0.1) is 6.92 Å². The van der Waals surface area contributed by atoms with Crippen LogP contribution in [-0.2, 0) is 16.0 Å². The van der Waals surface area contributed by atoms with Crippen LogP contribution in [0.3, 0.4) is 0 Å². The van der Waals surface area contributed by atoms with Crippen molar-refractivity contribution in [3.05, 3.63) is 28.8 Å². The monoisotopic (exact) mass is 367 g/mol. The van der Waals surface area contributed by atoms with Gasteiger partial charge in [0.2, 0.25) is 5.91 Å². The average molecular weight is 367 g/mol. The summed E-state index contributed by atoms with van der Waals surface area (Å²) < 4.78 is 11.1. The second-order valence-electron chi connectivity index (χ2n) is 7.06. The van der Waals surface area contributed by atoms with Crippen LogP contribution in [0.15, 0.2) is 12.1 Å². The van der Waals surface area contributed by atoms with Gasteiger partial charge in [0.25, 0.3) is 0 Å². The summed E-state index contributed by atoms with van der Waals surface area (Å²) >= 11 is 0. The van der Waals surface area contributed by atoms with Gasteiger partial charge in [0.05, 0.1) is 5.56 Å². The van der Waals surface area contributed by atoms with E-state index in [4.69, 9.17) is 14.6 Å². The van der Waals surface area contributed by atoms with Crippen LogP contribution in [0.4, 0.5) is 0 Å². The lowest BCUT2D eigenvalue weighted by Crippen LogP contribution is -2.36. The zero-order chi connectivity index (χ0) is 19.9. The molecule has 1 aromatic carbocycles. The number of amides is 1. The minimum absolute atomic E-state index is 0.0180. The molecule has 0 spiro atoms. The number of carbonyl (C=O) groups is 2. The summed E-state index contributed by atoms with van der Waals surface area (Å²) in [6, 6.07) is 3.43. The maximum Gasteiger partial charge on any atom is 0.338 e. The topological polar surface area (TPSA) is 105 Å². The molecular formula is C19H29NO6. The number of hydrogen-bond donors (Lipinski definition) is 3. The third kappa shape index (κ3) is 7.01. The number of aliphatic hydroxyl groups is 2. The smallest absolute Gasteiger partial charge is 0.338 e. The molecule has 26 heavy (non-hydrogen) atoms. The molecule has 1 aromatic rings. The van der Waals surface area contributed by atoms with Gasteiger partial charge in [-0.1, -0.05) is 6.92 Å². The van der Waals surface area contributed by atoms with Crippen molar-refractivity contribution in [2.75, 3.05) is 19.8 Å². The SMILES string of the molecule is CCc1cc(C(=O)OC(C)(C)C)cc(C)c1OC[C@H](O)CNC(=O)CO. The number of rotatable bonds is 8. The summed E-state index contributed by atoms with van der Waals surface area (Å²) in [4.78, 5) is 23.3. The molecule has 7 nitrogen and oxygen atoms in total. The van der Waals surface area contributed by atoms with Crippen molar-refractivity contribution in [1.29, 1.82) is 0 Å². The predicted molar refractivity (Wildman–Crippen MR) is 97.3 cm³/mol. The highest BCUT2D eigenvalue weighted by atomic mass is 16.6. The molecule has 7 heteroatoms. The summed E-state index contributed by atoms with van der Waals surface area (Å²) in [5, 5.41) is 20.9. The number of carbonyl (C=O) groups excluding carboxylic acids is 2. The van der Waals surface area contributed by atoms with Gasteiger partial charge in [-0.25, -0.2) is 4.79 Å². The molecule has 0 aliphatic rings. The summed E-state index contributed by atoms with van der Waals surface area (Å²) in [7, 11) is 0. The van der Waals surface area contributed by atoms with Gasteiger partial charge in [-0.05, 0) is 57.4 Å². The van der Waals surface area contributed by atoms with E-state index >= 15 is 0 Å². The summed E-state index contributed by atoms with van der Waals surface area (Å²) in [6.45, 7) is 8.54. The standard InChI is InChI=1S/C19H29NO6/c1-6-13-8-14(18(24)26-19(3,4)5)7-12(2)17(13)25-11-15(22)9-20-16(23)10-21/h7-8,15,21-22H,6,9-11H2,1-5H3,(H,20,23)/t15-/m1/s1. The third-order valence-electron chi connectivity index (χ3n) is 3.47. The first kappa shape index (κ1) is 21.9. The molecule has 0 radical (unpaired) electrons. The predicted octanol–water partition coefficient (Wildman–Crippen LogP) is 1.36. The highest BCUT2D eigenvalue weighted by molar-refractivity contribution is 5.90. The molecular weight excluding hydrogens is 338 g/mol. The van der Waals surface area contributed by atoms with Crippen LogP contribution in [0.2, 0.25) is 0 Å². The lowest BCUT2D eigenvalue weighted by molar-refractivity contribution is -0.124. The van der Waals surface area contributed by atoms with Gasteiger partial charge in [-0.3, -0.25) is 4.79 Å². The van der Waals surface area contributed by atoms with Gasteiger partial charge in [0.15, 0.2) is 0 Å². The van der Waals surface area contributed by atoms with E-state index < -0.39 is 30.2 Å². The van der Waals surface area contributed by atoms with Crippen LogP contribution < -0.4 is 10.1 Å². The van der Waals surface area contributed by atoms with E-state index in [9.17, 15) is 14.7 Å². The van der Waals surface area contributed by atoms with E-state index in [1.807, 2.05) is 34.6 Å². The van der Waals surface area contributed by atoms with Crippen LogP contribution in [0.5, 0.6) is 5.75 Å². The second kappa shape index (κ2) is 9.54. The van der Waals surface area contributed by atoms with E-state index in [0.29, 0.717) is 17.7 Å². The quantitative estimate of drug-likeness (QED) is 0.599. The molecule has 1 amide bonds. The molecule has 0 saturated carbocycles. The van der Waals surface area contributed by atoms with Gasteiger partial charge in [-0.2, -0.15) is 0 Å². The number of hydrogen-bond acceptors (Lipinski definition) is 6. The van der Waals surface area contributed by atoms with Gasteiger partial charge in [0.1, 0.15) is 30.7 Å². The van der Waals surface area contributed by atoms with Crippen molar-refractivity contribution < 1.29 is 29.3 Å². The van der Waals surface area contributed by atoms with E-state index in [1.165, 1.54) is 0 Å². The van der Waals surface area contributed by atoms with E-state index in [1.54, 1.807) is 12.1 Å². The van der Waals surface area contributed by atoms with E-state index in [-0.39, 0.29) is 13.2 Å². The van der Waals surface area contributed by atoms with Crippen molar-refractivity contribution in [3.8, 4) is 5.75 Å². The van der Waals surface area contributed by atoms with Crippen molar-refractivity contribution >= 4 is 11.9 Å². The zero-order valence-corrected chi connectivity index (χ0v) is 16.1. The highest BCUT2D eigenvalue weighted by Gasteiger charge is 2.20. The minimum Gasteiger partial charge on any atom is -0.490 e. The molecule has 3 N–H and O–H groups in total. The average Bonchev–Trinajstić information content (AvgIpc) is 2.56. The first-order valence-corrected chi connectivity index (χ1v) is 8.62. The highest BCUT2D eigenvalue weighted by Crippen LogP contribution is 2.27. The largest absolute Gasteiger partial charge is 0.490 e. The first-order chi connectivity index (χ1) is 12.1. The normalized spacial score (nSPS) is 12.4. The molecule has 0 saturated heterocycles. The second-order valence-corrected chi connectivity index (χ2v) is 7.06. The van der Waals surface area contributed by atoms with Gasteiger partial charge < -0.3 is 25.0 Å². The van der Waals surface area contributed by atoms with E-state index in [0.717, 1.165) is 11.1 Å². The first-order valence-electron chi connectivity index (χ1n) is 8.62. The third-order valence-corrected chi connectivity index (χ3v) is 3.47. The fourth-order valence-corrected chi connectivity index (χ4v) is 2.30. The Kier molecular flexibility index (Phi) is 8.05. The molecule has 0 fully saturated rings. The molecule has 0 aliphatic carbocycles. The van der Waals surface area contributed by atoms with Crippen LogP contribution in [-0.4, -0.2) is 53.6 Å². The van der Waals surface area contributed by atoms with Crippen molar-refractivity contribution in [3.63, 3.8) is 0 Å². The Morgan fingerprint density at radius 2 is 1.92 bits per heavy atom. The Labute approximate surface area is 154 Å². The van der Waals surface area contributed by atoms with Gasteiger partial charge in [0, 0.05) is 6.54 Å². The molecule has 0 aliphatic heterocycles. The number of esters is 1. The summed E-state index contributed by atoms with van der Waals surface area (Å²) in [5.74, 6) is -0.350. The number of aryl methyl sites for hydroxylation is 2. The molecule has 146 valence electrons. The number of aliphatic hydroxyl groups excluding tert-OH is 2. The lowest BCUT2D eigenvalue weighted by atomic mass is 10.0. The summed E-state index contributed by atoms with van der Waals surface area (Å²) in [6.07, 6.45) is -0.274. The van der Waals surface area contributed by atoms with E-state index in [2.05, 4.69) is 5.32 Å². The fraction of sp³-hybridized carbons (Fsp3) is 0.579. The Balaban J connectivity index is 2.83. The number of ether oxygens (including phenoxy) is 2. The molecule has 1 rings (SSSR count). The Hall–Kier alpha value is -2.12. The molecule has 0 bridgehead atoms. The number of nitrogens with one attached hydrogen (secondary N) is 1. The maximum absolute atomic E-state index is 12.3. The van der Waals surface area contributed by atoms with Crippen molar-refractivity contribution in [2.45, 2.75) is 52.7 Å². The fourth-order valence-electron chi connectivity index (χ4n) is 2.30. The minimum atomic E-state index is -0.917. The number of benzene rings is 1.